The van der Waals surface area contributed by atoms with Crippen LogP contribution in [0.4, 0.5) is 0 Å². The number of benzene rings is 1. The van der Waals surface area contributed by atoms with Crippen molar-refractivity contribution in [1.29, 1.82) is 0 Å². The van der Waals surface area contributed by atoms with E-state index in [2.05, 4.69) is 5.32 Å². The normalized spacial score (nSPS) is 10.3. The maximum absolute atomic E-state index is 11.8. The molecule has 0 radical (unpaired) electrons. The van der Waals surface area contributed by atoms with E-state index in [1.165, 1.54) is 18.2 Å². The Bertz CT molecular complexity index is 397. The summed E-state index contributed by atoms with van der Waals surface area (Å²) in [5, 5.41) is 12.4. The molecule has 0 heterocycles. The molecule has 3 nitrogen and oxygen atoms in total. The summed E-state index contributed by atoms with van der Waals surface area (Å²) in [5.41, 5.74) is 0.303. The second-order valence-electron chi connectivity index (χ2n) is 4.02. The molecule has 5 heteroatoms. The fourth-order valence-corrected chi connectivity index (χ4v) is 1.95. The Balaban J connectivity index is 2.34. The van der Waals surface area contributed by atoms with Crippen molar-refractivity contribution in [3.05, 3.63) is 28.8 Å². The highest BCUT2D eigenvalue weighted by Gasteiger charge is 2.10. The topological polar surface area (TPSA) is 49.3 Å². The molecule has 100 valence electrons. The van der Waals surface area contributed by atoms with Crippen molar-refractivity contribution in [1.82, 2.24) is 5.32 Å². The van der Waals surface area contributed by atoms with Gasteiger partial charge in [-0.25, -0.2) is 0 Å². The number of carbonyl (C=O) groups excluding carboxylic acids is 1. The fourth-order valence-electron chi connectivity index (χ4n) is 1.56. The quantitative estimate of drug-likeness (QED) is 0.595. The number of phenols is 1. The Morgan fingerprint density at radius 3 is 2.67 bits per heavy atom. The number of rotatable bonds is 7. The Morgan fingerprint density at radius 2 is 1.94 bits per heavy atom. The zero-order valence-electron chi connectivity index (χ0n) is 10.1. The summed E-state index contributed by atoms with van der Waals surface area (Å²) in [7, 11) is 0. The molecular weight excluding hydrogens is 273 g/mol. The third-order valence-corrected chi connectivity index (χ3v) is 3.14. The highest BCUT2D eigenvalue weighted by molar-refractivity contribution is 6.33. The lowest BCUT2D eigenvalue weighted by atomic mass is 10.2. The van der Waals surface area contributed by atoms with Crippen molar-refractivity contribution >= 4 is 29.1 Å². The monoisotopic (exact) mass is 289 g/mol. The number of unbranched alkanes of at least 4 members (excludes halogenated alkanes) is 3. The smallest absolute Gasteiger partial charge is 0.252 e. The van der Waals surface area contributed by atoms with Gasteiger partial charge in [0, 0.05) is 12.4 Å². The van der Waals surface area contributed by atoms with Crippen molar-refractivity contribution in [3.63, 3.8) is 0 Å². The minimum Gasteiger partial charge on any atom is -0.508 e. The average molecular weight is 290 g/mol. The second kappa shape index (κ2) is 8.22. The van der Waals surface area contributed by atoms with Crippen molar-refractivity contribution in [2.75, 3.05) is 12.4 Å². The third-order valence-electron chi connectivity index (χ3n) is 2.54. The van der Waals surface area contributed by atoms with Gasteiger partial charge in [-0.3, -0.25) is 4.79 Å². The van der Waals surface area contributed by atoms with Crippen LogP contribution in [0.2, 0.25) is 5.02 Å². The lowest BCUT2D eigenvalue weighted by molar-refractivity contribution is 0.0952. The van der Waals surface area contributed by atoms with Gasteiger partial charge in [0.2, 0.25) is 0 Å². The van der Waals surface area contributed by atoms with Crippen molar-refractivity contribution in [2.45, 2.75) is 25.7 Å². The summed E-state index contributed by atoms with van der Waals surface area (Å²) < 4.78 is 0. The van der Waals surface area contributed by atoms with Crippen molar-refractivity contribution in [3.8, 4) is 5.75 Å². The number of alkyl halides is 1. The third kappa shape index (κ3) is 5.15. The molecule has 1 aromatic rings. The zero-order chi connectivity index (χ0) is 13.4. The molecule has 1 amide bonds. The molecule has 0 unspecified atom stereocenters. The van der Waals surface area contributed by atoms with Gasteiger partial charge in [0.05, 0.1) is 10.6 Å². The molecule has 0 aliphatic rings. The Hall–Kier alpha value is -0.930. The van der Waals surface area contributed by atoms with Crippen LogP contribution in [0.1, 0.15) is 36.0 Å². The minimum atomic E-state index is -0.256. The molecule has 18 heavy (non-hydrogen) atoms. The number of aromatic hydroxyl groups is 1. The van der Waals surface area contributed by atoms with Gasteiger partial charge >= 0.3 is 0 Å². The van der Waals surface area contributed by atoms with Crippen LogP contribution in [-0.2, 0) is 0 Å². The Kier molecular flexibility index (Phi) is 6.91. The van der Waals surface area contributed by atoms with Gasteiger partial charge in [-0.2, -0.15) is 0 Å². The number of amides is 1. The van der Waals surface area contributed by atoms with Gasteiger partial charge < -0.3 is 10.4 Å². The first-order valence-electron chi connectivity index (χ1n) is 5.98. The van der Waals surface area contributed by atoms with E-state index in [0.717, 1.165) is 25.7 Å². The van der Waals surface area contributed by atoms with Gasteiger partial charge in [0.1, 0.15) is 5.75 Å². The van der Waals surface area contributed by atoms with Crippen molar-refractivity contribution in [2.24, 2.45) is 0 Å². The number of nitrogens with one attached hydrogen (secondary N) is 1. The number of hydrogen-bond acceptors (Lipinski definition) is 2. The SMILES string of the molecule is O=C(NCCCCCCCl)c1cc(O)ccc1Cl. The maximum Gasteiger partial charge on any atom is 0.252 e. The summed E-state index contributed by atoms with van der Waals surface area (Å²) in [6, 6.07) is 4.32. The fraction of sp³-hybridized carbons (Fsp3) is 0.462. The van der Waals surface area contributed by atoms with Gasteiger partial charge in [-0.15, -0.1) is 11.6 Å². The van der Waals surface area contributed by atoms with E-state index in [-0.39, 0.29) is 11.7 Å². The van der Waals surface area contributed by atoms with Crippen LogP contribution in [0, 0.1) is 0 Å². The molecule has 0 fully saturated rings. The van der Waals surface area contributed by atoms with Crippen LogP contribution >= 0.6 is 23.2 Å². The van der Waals surface area contributed by atoms with Crippen LogP contribution in [0.5, 0.6) is 5.75 Å². The van der Waals surface area contributed by atoms with Crippen molar-refractivity contribution < 1.29 is 9.90 Å². The van der Waals surface area contributed by atoms with E-state index < -0.39 is 0 Å². The van der Waals surface area contributed by atoms with Crippen LogP contribution < -0.4 is 5.32 Å². The van der Waals surface area contributed by atoms with Gasteiger partial charge in [-0.05, 0) is 31.0 Å². The molecule has 0 spiro atoms. The Morgan fingerprint density at radius 1 is 1.22 bits per heavy atom. The lowest BCUT2D eigenvalue weighted by Crippen LogP contribution is -2.24. The van der Waals surface area contributed by atoms with E-state index >= 15 is 0 Å². The second-order valence-corrected chi connectivity index (χ2v) is 4.81. The van der Waals surface area contributed by atoms with E-state index in [4.69, 9.17) is 23.2 Å². The van der Waals surface area contributed by atoms with Gasteiger partial charge in [0.25, 0.3) is 5.91 Å². The summed E-state index contributed by atoms with van der Waals surface area (Å²) in [5.74, 6) is 0.463. The van der Waals surface area contributed by atoms with E-state index in [9.17, 15) is 9.90 Å². The zero-order valence-corrected chi connectivity index (χ0v) is 11.6. The Labute approximate surface area is 117 Å². The number of phenolic OH excluding ortho intramolecular Hbond substituents is 1. The van der Waals surface area contributed by atoms with E-state index in [1.54, 1.807) is 0 Å². The highest BCUT2D eigenvalue weighted by Crippen LogP contribution is 2.20. The van der Waals surface area contributed by atoms with E-state index in [1.807, 2.05) is 0 Å². The molecule has 1 aromatic carbocycles. The summed E-state index contributed by atoms with van der Waals surface area (Å²) in [6.07, 6.45) is 4.04. The number of carbonyl (C=O) groups is 1. The number of halogens is 2. The van der Waals surface area contributed by atoms with Crippen LogP contribution in [-0.4, -0.2) is 23.4 Å². The average Bonchev–Trinajstić information content (AvgIpc) is 2.36. The molecule has 0 aromatic heterocycles. The van der Waals surface area contributed by atoms with Crippen LogP contribution in [0.25, 0.3) is 0 Å². The minimum absolute atomic E-state index is 0.0339. The molecule has 0 atom stereocenters. The van der Waals surface area contributed by atoms with Crippen LogP contribution in [0.15, 0.2) is 18.2 Å². The lowest BCUT2D eigenvalue weighted by Gasteiger charge is -2.07. The maximum atomic E-state index is 11.8. The molecule has 0 saturated carbocycles. The summed E-state index contributed by atoms with van der Waals surface area (Å²) >= 11 is 11.5. The summed E-state index contributed by atoms with van der Waals surface area (Å²) in [4.78, 5) is 11.8. The summed E-state index contributed by atoms with van der Waals surface area (Å²) in [6.45, 7) is 0.604. The molecule has 2 N–H and O–H groups in total. The largest absolute Gasteiger partial charge is 0.508 e. The highest BCUT2D eigenvalue weighted by atomic mass is 35.5. The molecule has 0 aliphatic heterocycles. The number of hydrogen-bond donors (Lipinski definition) is 2. The first-order valence-corrected chi connectivity index (χ1v) is 6.89. The first-order chi connectivity index (χ1) is 8.65. The standard InChI is InChI=1S/C13H17Cl2NO2/c14-7-3-1-2-4-8-16-13(18)11-9-10(17)5-6-12(11)15/h5-6,9,17H,1-4,7-8H2,(H,16,18). The first kappa shape index (κ1) is 15.1. The predicted molar refractivity (Wildman–Crippen MR) is 74.6 cm³/mol. The molecule has 0 saturated heterocycles. The van der Waals surface area contributed by atoms with Gasteiger partial charge in [0.15, 0.2) is 0 Å². The molecular formula is C13H17Cl2NO2. The molecule has 0 aliphatic carbocycles. The van der Waals surface area contributed by atoms with E-state index in [0.29, 0.717) is 23.0 Å². The molecule has 1 rings (SSSR count). The van der Waals surface area contributed by atoms with Crippen LogP contribution in [0.3, 0.4) is 0 Å². The van der Waals surface area contributed by atoms with Gasteiger partial charge in [-0.1, -0.05) is 24.4 Å². The predicted octanol–water partition coefficient (Wildman–Crippen LogP) is 3.57. The molecule has 0 bridgehead atoms.